The van der Waals surface area contributed by atoms with Gasteiger partial charge in [0.2, 0.25) is 0 Å². The summed E-state index contributed by atoms with van der Waals surface area (Å²) in [6.45, 7) is 5.23. The highest BCUT2D eigenvalue weighted by atomic mass is 16.4. The topological polar surface area (TPSA) is 62.5 Å². The number of carboxylic acid groups (broad SMARTS) is 1. The number of aromatic nitrogens is 1. The number of likely N-dealkylation sites (N-methyl/N-ethyl adjacent to an activating group) is 1. The van der Waals surface area contributed by atoms with E-state index in [1.165, 1.54) is 6.07 Å². The molecule has 5 nitrogen and oxygen atoms in total. The van der Waals surface area contributed by atoms with Crippen molar-refractivity contribution in [1.82, 2.24) is 9.47 Å². The Bertz CT molecular complexity index is 563. The molecule has 0 spiro atoms. The van der Waals surface area contributed by atoms with Gasteiger partial charge in [0.25, 0.3) is 5.56 Å². The van der Waals surface area contributed by atoms with Crippen molar-refractivity contribution in [2.24, 2.45) is 0 Å². The second kappa shape index (κ2) is 5.17. The maximum atomic E-state index is 12.2. The number of pyridine rings is 1. The number of carboxylic acids is 1. The lowest BCUT2D eigenvalue weighted by Gasteiger charge is -2.32. The Hall–Kier alpha value is -1.62. The van der Waals surface area contributed by atoms with Crippen LogP contribution in [0.4, 0.5) is 0 Å². The van der Waals surface area contributed by atoms with Crippen molar-refractivity contribution in [1.29, 1.82) is 0 Å². The van der Waals surface area contributed by atoms with Gasteiger partial charge in [-0.25, -0.2) is 4.79 Å². The summed E-state index contributed by atoms with van der Waals surface area (Å²) in [6, 6.07) is 1.51. The van der Waals surface area contributed by atoms with Gasteiger partial charge in [-0.1, -0.05) is 0 Å². The number of hydrogen-bond donors (Lipinski definition) is 1. The van der Waals surface area contributed by atoms with Crippen LogP contribution in [0.25, 0.3) is 0 Å². The molecule has 1 saturated heterocycles. The molecule has 1 aromatic heterocycles. The molecule has 1 aliphatic rings. The third-order valence-corrected chi connectivity index (χ3v) is 3.87. The van der Waals surface area contributed by atoms with Crippen LogP contribution in [0.15, 0.2) is 10.9 Å². The Labute approximate surface area is 112 Å². The zero-order valence-electron chi connectivity index (χ0n) is 11.6. The summed E-state index contributed by atoms with van der Waals surface area (Å²) in [5, 5.41) is 9.29. The van der Waals surface area contributed by atoms with Crippen LogP contribution in [-0.4, -0.2) is 40.7 Å². The van der Waals surface area contributed by atoms with E-state index < -0.39 is 5.97 Å². The molecule has 0 saturated carbocycles. The van der Waals surface area contributed by atoms with Crippen LogP contribution in [-0.2, 0) is 0 Å². The Morgan fingerprint density at radius 1 is 1.42 bits per heavy atom. The molecular weight excluding hydrogens is 244 g/mol. The van der Waals surface area contributed by atoms with Crippen LogP contribution in [0.1, 0.15) is 40.5 Å². The van der Waals surface area contributed by atoms with Crippen LogP contribution >= 0.6 is 0 Å². The number of piperidine rings is 1. The Kier molecular flexibility index (Phi) is 3.75. The number of carbonyl (C=O) groups is 1. The molecular formula is C14H20N2O3. The quantitative estimate of drug-likeness (QED) is 0.877. The fourth-order valence-corrected chi connectivity index (χ4v) is 3.03. The van der Waals surface area contributed by atoms with Crippen LogP contribution in [0.5, 0.6) is 0 Å². The molecule has 2 rings (SSSR count). The number of nitrogens with zero attached hydrogens (tertiary/aromatic N) is 2. The summed E-state index contributed by atoms with van der Waals surface area (Å²) in [7, 11) is 2.03. The fraction of sp³-hybridized carbons (Fsp3) is 0.571. The lowest BCUT2D eigenvalue weighted by atomic mass is 10.0. The maximum Gasteiger partial charge on any atom is 0.337 e. The van der Waals surface area contributed by atoms with Crippen molar-refractivity contribution in [2.45, 2.75) is 32.7 Å². The fourth-order valence-electron chi connectivity index (χ4n) is 3.03. The van der Waals surface area contributed by atoms with E-state index in [0.29, 0.717) is 11.3 Å². The lowest BCUT2D eigenvalue weighted by molar-refractivity contribution is 0.0693. The van der Waals surface area contributed by atoms with Gasteiger partial charge >= 0.3 is 5.97 Å². The average molecular weight is 264 g/mol. The predicted octanol–water partition coefficient (Wildman–Crippen LogP) is 1.43. The molecule has 1 N–H and O–H groups in total. The van der Waals surface area contributed by atoms with Crippen molar-refractivity contribution in [3.63, 3.8) is 0 Å². The second-order valence-corrected chi connectivity index (χ2v) is 5.36. The van der Waals surface area contributed by atoms with Gasteiger partial charge in [-0.3, -0.25) is 4.79 Å². The van der Waals surface area contributed by atoms with Crippen molar-refractivity contribution in [3.8, 4) is 0 Å². The number of aromatic carboxylic acids is 1. The molecule has 0 amide bonds. The minimum absolute atomic E-state index is 0.0740. The molecule has 1 unspecified atom stereocenters. The van der Waals surface area contributed by atoms with Gasteiger partial charge < -0.3 is 14.6 Å². The first-order valence-corrected chi connectivity index (χ1v) is 6.56. The van der Waals surface area contributed by atoms with Gasteiger partial charge in [0.15, 0.2) is 0 Å². The summed E-state index contributed by atoms with van der Waals surface area (Å²) >= 11 is 0. The van der Waals surface area contributed by atoms with Gasteiger partial charge in [-0.2, -0.15) is 0 Å². The molecule has 5 heteroatoms. The van der Waals surface area contributed by atoms with Gasteiger partial charge in [-0.15, -0.1) is 0 Å². The average Bonchev–Trinajstić information content (AvgIpc) is 2.27. The highest BCUT2D eigenvalue weighted by Gasteiger charge is 2.24. The van der Waals surface area contributed by atoms with Gasteiger partial charge in [-0.05, 0) is 45.8 Å². The zero-order valence-corrected chi connectivity index (χ0v) is 11.6. The summed E-state index contributed by atoms with van der Waals surface area (Å²) in [4.78, 5) is 25.7. The SMILES string of the molecule is Cc1cc(=O)n(C2CCCN(C)C2)c(C)c1C(=O)O. The Balaban J connectivity index is 2.54. The van der Waals surface area contributed by atoms with E-state index in [1.807, 2.05) is 7.05 Å². The monoisotopic (exact) mass is 264 g/mol. The second-order valence-electron chi connectivity index (χ2n) is 5.36. The summed E-state index contributed by atoms with van der Waals surface area (Å²) < 4.78 is 1.66. The molecule has 104 valence electrons. The van der Waals surface area contributed by atoms with Crippen molar-refractivity contribution in [2.75, 3.05) is 20.1 Å². The third kappa shape index (κ3) is 2.56. The van der Waals surface area contributed by atoms with E-state index in [1.54, 1.807) is 18.4 Å². The standard InChI is InChI=1S/C14H20N2O3/c1-9-7-12(17)16(10(2)13(9)14(18)19)11-5-4-6-15(3)8-11/h7,11H,4-6,8H2,1-3H3,(H,18,19). The van der Waals surface area contributed by atoms with E-state index in [4.69, 9.17) is 0 Å². The molecule has 0 aromatic carbocycles. The number of hydrogen-bond acceptors (Lipinski definition) is 3. The van der Waals surface area contributed by atoms with E-state index in [2.05, 4.69) is 4.90 Å². The molecule has 1 aliphatic heterocycles. The molecule has 0 bridgehead atoms. The van der Waals surface area contributed by atoms with Gasteiger partial charge in [0, 0.05) is 24.3 Å². The maximum absolute atomic E-state index is 12.2. The Morgan fingerprint density at radius 2 is 2.11 bits per heavy atom. The molecule has 1 aromatic rings. The number of rotatable bonds is 2. The van der Waals surface area contributed by atoms with Crippen LogP contribution < -0.4 is 5.56 Å². The highest BCUT2D eigenvalue weighted by Crippen LogP contribution is 2.22. The largest absolute Gasteiger partial charge is 0.478 e. The van der Waals surface area contributed by atoms with E-state index in [-0.39, 0.29) is 17.2 Å². The molecule has 1 fully saturated rings. The summed E-state index contributed by atoms with van der Waals surface area (Å²) in [6.07, 6.45) is 1.95. The third-order valence-electron chi connectivity index (χ3n) is 3.87. The first kappa shape index (κ1) is 13.8. The molecule has 0 radical (unpaired) electrons. The van der Waals surface area contributed by atoms with Crippen molar-refractivity contribution < 1.29 is 9.90 Å². The first-order valence-electron chi connectivity index (χ1n) is 6.56. The summed E-state index contributed by atoms with van der Waals surface area (Å²) in [5.41, 5.74) is 1.27. The molecule has 0 aliphatic carbocycles. The zero-order chi connectivity index (χ0) is 14.2. The molecule has 2 heterocycles. The lowest BCUT2D eigenvalue weighted by Crippen LogP contribution is -2.39. The molecule has 19 heavy (non-hydrogen) atoms. The van der Waals surface area contributed by atoms with Crippen molar-refractivity contribution in [3.05, 3.63) is 33.2 Å². The number of likely N-dealkylation sites (tertiary alicyclic amines) is 1. The summed E-state index contributed by atoms with van der Waals surface area (Å²) in [5.74, 6) is -0.965. The minimum Gasteiger partial charge on any atom is -0.478 e. The van der Waals surface area contributed by atoms with E-state index in [9.17, 15) is 14.7 Å². The van der Waals surface area contributed by atoms with Gasteiger partial charge in [0.05, 0.1) is 5.56 Å². The van der Waals surface area contributed by atoms with E-state index >= 15 is 0 Å². The minimum atomic E-state index is -0.965. The smallest absolute Gasteiger partial charge is 0.337 e. The van der Waals surface area contributed by atoms with E-state index in [0.717, 1.165) is 25.9 Å². The Morgan fingerprint density at radius 3 is 2.68 bits per heavy atom. The normalized spacial score (nSPS) is 20.5. The highest BCUT2D eigenvalue weighted by molar-refractivity contribution is 5.90. The van der Waals surface area contributed by atoms with Crippen LogP contribution in [0.2, 0.25) is 0 Å². The first-order chi connectivity index (χ1) is 8.91. The predicted molar refractivity (Wildman–Crippen MR) is 72.9 cm³/mol. The number of aryl methyl sites for hydroxylation is 1. The molecule has 1 atom stereocenters. The van der Waals surface area contributed by atoms with Crippen LogP contribution in [0.3, 0.4) is 0 Å². The van der Waals surface area contributed by atoms with Crippen LogP contribution in [0, 0.1) is 13.8 Å². The van der Waals surface area contributed by atoms with Gasteiger partial charge in [0.1, 0.15) is 0 Å². The van der Waals surface area contributed by atoms with Crippen molar-refractivity contribution >= 4 is 5.97 Å².